The van der Waals surface area contributed by atoms with Crippen LogP contribution in [0.2, 0.25) is 0 Å². The fourth-order valence-electron chi connectivity index (χ4n) is 2.21. The average molecular weight is 256 g/mol. The van der Waals surface area contributed by atoms with Crippen LogP contribution >= 0.6 is 0 Å². The van der Waals surface area contributed by atoms with Crippen LogP contribution in [0.15, 0.2) is 30.6 Å². The highest BCUT2D eigenvalue weighted by atomic mass is 15.3. The second-order valence-electron chi connectivity index (χ2n) is 4.48. The summed E-state index contributed by atoms with van der Waals surface area (Å²) in [6.45, 7) is 1.31. The quantitative estimate of drug-likeness (QED) is 0.754. The van der Waals surface area contributed by atoms with E-state index in [0.29, 0.717) is 13.1 Å². The van der Waals surface area contributed by atoms with Crippen LogP contribution in [0.1, 0.15) is 11.5 Å². The fraction of sp³-hybridized carbons (Fsp3) is 0.308. The highest BCUT2D eigenvalue weighted by Gasteiger charge is 2.09. The number of nitrogens with zero attached hydrogens (tertiary/aromatic N) is 5. The molecule has 2 aromatic heterocycles. The average Bonchev–Trinajstić information content (AvgIpc) is 2.97. The summed E-state index contributed by atoms with van der Waals surface area (Å²) >= 11 is 0. The number of fused-ring (bicyclic) bond motifs is 1. The van der Waals surface area contributed by atoms with E-state index in [2.05, 4.69) is 32.6 Å². The third-order valence-corrected chi connectivity index (χ3v) is 3.06. The van der Waals surface area contributed by atoms with E-state index in [0.717, 1.165) is 22.4 Å². The number of nitrogens with one attached hydrogen (secondary N) is 1. The van der Waals surface area contributed by atoms with E-state index in [4.69, 9.17) is 0 Å². The molecule has 1 aromatic carbocycles. The van der Waals surface area contributed by atoms with Gasteiger partial charge in [0.15, 0.2) is 5.82 Å². The van der Waals surface area contributed by atoms with Gasteiger partial charge in [-0.25, -0.2) is 9.67 Å². The molecule has 19 heavy (non-hydrogen) atoms. The molecule has 0 aliphatic heterocycles. The van der Waals surface area contributed by atoms with Crippen LogP contribution in [0.3, 0.4) is 0 Å². The molecule has 0 unspecified atom stereocenters. The van der Waals surface area contributed by atoms with E-state index in [1.807, 2.05) is 35.6 Å². The van der Waals surface area contributed by atoms with Gasteiger partial charge in [-0.3, -0.25) is 4.68 Å². The molecule has 0 amide bonds. The number of para-hydroxylation sites is 1. The first-order chi connectivity index (χ1) is 9.28. The van der Waals surface area contributed by atoms with Crippen molar-refractivity contribution < 1.29 is 0 Å². The fourth-order valence-corrected chi connectivity index (χ4v) is 2.21. The lowest BCUT2D eigenvalue weighted by Crippen LogP contribution is -2.08. The van der Waals surface area contributed by atoms with Crippen LogP contribution in [0, 0.1) is 0 Å². The first-order valence-electron chi connectivity index (χ1n) is 6.21. The minimum atomic E-state index is 0.637. The number of hydrogen-bond donors (Lipinski definition) is 1. The smallest absolute Gasteiger partial charge is 0.164 e. The molecule has 0 spiro atoms. The van der Waals surface area contributed by atoms with Crippen molar-refractivity contribution in [2.24, 2.45) is 7.05 Å². The Morgan fingerprint density at radius 1 is 1.21 bits per heavy atom. The largest absolute Gasteiger partial charge is 0.313 e. The predicted molar refractivity (Wildman–Crippen MR) is 72.6 cm³/mol. The third-order valence-electron chi connectivity index (χ3n) is 3.06. The standard InChI is InChI=1S/C13H16N6/c1-14-7-13-15-9-19(17-13)8-11-10-5-3-4-6-12(10)18(2)16-11/h3-6,9,14H,7-8H2,1-2H3. The van der Waals surface area contributed by atoms with Gasteiger partial charge in [0.05, 0.1) is 24.3 Å². The summed E-state index contributed by atoms with van der Waals surface area (Å²) in [6, 6.07) is 8.21. The van der Waals surface area contributed by atoms with Gasteiger partial charge in [-0.15, -0.1) is 0 Å². The van der Waals surface area contributed by atoms with Crippen molar-refractivity contribution in [2.75, 3.05) is 7.05 Å². The van der Waals surface area contributed by atoms with E-state index >= 15 is 0 Å². The minimum absolute atomic E-state index is 0.637. The van der Waals surface area contributed by atoms with Crippen LogP contribution in [0.4, 0.5) is 0 Å². The summed E-state index contributed by atoms with van der Waals surface area (Å²) in [7, 11) is 3.84. The molecule has 0 radical (unpaired) electrons. The summed E-state index contributed by atoms with van der Waals surface area (Å²) in [5.74, 6) is 0.794. The number of aryl methyl sites for hydroxylation is 1. The normalized spacial score (nSPS) is 11.3. The molecule has 0 saturated carbocycles. The molecule has 0 bridgehead atoms. The molecule has 0 fully saturated rings. The third kappa shape index (κ3) is 2.22. The van der Waals surface area contributed by atoms with Crippen molar-refractivity contribution in [2.45, 2.75) is 13.1 Å². The van der Waals surface area contributed by atoms with Gasteiger partial charge in [0.25, 0.3) is 0 Å². The number of hydrogen-bond acceptors (Lipinski definition) is 4. The van der Waals surface area contributed by atoms with Crippen molar-refractivity contribution in [3.8, 4) is 0 Å². The molecule has 98 valence electrons. The maximum atomic E-state index is 4.55. The van der Waals surface area contributed by atoms with Crippen molar-refractivity contribution in [1.29, 1.82) is 0 Å². The first-order valence-corrected chi connectivity index (χ1v) is 6.21. The molecule has 0 aliphatic rings. The molecular weight excluding hydrogens is 240 g/mol. The van der Waals surface area contributed by atoms with Gasteiger partial charge in [0.2, 0.25) is 0 Å². The van der Waals surface area contributed by atoms with Crippen molar-refractivity contribution in [3.63, 3.8) is 0 Å². The Hall–Kier alpha value is -2.21. The summed E-state index contributed by atoms with van der Waals surface area (Å²) in [6.07, 6.45) is 1.75. The summed E-state index contributed by atoms with van der Waals surface area (Å²) in [4.78, 5) is 4.24. The maximum Gasteiger partial charge on any atom is 0.164 e. The van der Waals surface area contributed by atoms with E-state index < -0.39 is 0 Å². The molecule has 0 aliphatic carbocycles. The van der Waals surface area contributed by atoms with Crippen molar-refractivity contribution >= 4 is 10.9 Å². The van der Waals surface area contributed by atoms with Gasteiger partial charge in [-0.05, 0) is 13.1 Å². The molecule has 0 atom stereocenters. The maximum absolute atomic E-state index is 4.55. The van der Waals surface area contributed by atoms with Gasteiger partial charge in [-0.2, -0.15) is 10.2 Å². The van der Waals surface area contributed by atoms with Gasteiger partial charge in [0, 0.05) is 12.4 Å². The van der Waals surface area contributed by atoms with Crippen molar-refractivity contribution in [3.05, 3.63) is 42.1 Å². The minimum Gasteiger partial charge on any atom is -0.313 e. The highest BCUT2D eigenvalue weighted by molar-refractivity contribution is 5.81. The summed E-state index contributed by atoms with van der Waals surface area (Å²) in [5.41, 5.74) is 2.15. The Labute approximate surface area is 111 Å². The second-order valence-corrected chi connectivity index (χ2v) is 4.48. The van der Waals surface area contributed by atoms with Crippen LogP contribution in [0.25, 0.3) is 10.9 Å². The summed E-state index contributed by atoms with van der Waals surface area (Å²) < 4.78 is 3.72. The Bertz CT molecular complexity index is 696. The molecule has 2 heterocycles. The molecule has 6 heteroatoms. The van der Waals surface area contributed by atoms with E-state index in [1.54, 1.807) is 6.33 Å². The lowest BCUT2D eigenvalue weighted by atomic mass is 10.2. The lowest BCUT2D eigenvalue weighted by molar-refractivity contribution is 0.637. The Kier molecular flexibility index (Phi) is 3.00. The zero-order valence-electron chi connectivity index (χ0n) is 11.0. The van der Waals surface area contributed by atoms with Gasteiger partial charge in [-0.1, -0.05) is 18.2 Å². The molecule has 3 aromatic rings. The van der Waals surface area contributed by atoms with E-state index in [1.165, 1.54) is 0 Å². The van der Waals surface area contributed by atoms with E-state index in [-0.39, 0.29) is 0 Å². The number of aromatic nitrogens is 5. The number of rotatable bonds is 4. The lowest BCUT2D eigenvalue weighted by Gasteiger charge is -1.97. The van der Waals surface area contributed by atoms with Gasteiger partial charge < -0.3 is 5.32 Å². The molecular formula is C13H16N6. The van der Waals surface area contributed by atoms with Crippen LogP contribution in [-0.2, 0) is 20.1 Å². The Morgan fingerprint density at radius 3 is 2.89 bits per heavy atom. The molecule has 1 N–H and O–H groups in total. The van der Waals surface area contributed by atoms with Gasteiger partial charge in [0.1, 0.15) is 6.33 Å². The predicted octanol–water partition coefficient (Wildman–Crippen LogP) is 0.932. The highest BCUT2D eigenvalue weighted by Crippen LogP contribution is 2.17. The topological polar surface area (TPSA) is 60.6 Å². The van der Waals surface area contributed by atoms with Crippen molar-refractivity contribution in [1.82, 2.24) is 29.9 Å². The summed E-state index contributed by atoms with van der Waals surface area (Å²) in [5, 5.41) is 13.2. The van der Waals surface area contributed by atoms with Crippen LogP contribution in [-0.4, -0.2) is 31.6 Å². The molecule has 0 saturated heterocycles. The zero-order valence-corrected chi connectivity index (χ0v) is 11.0. The van der Waals surface area contributed by atoms with E-state index in [9.17, 15) is 0 Å². The van der Waals surface area contributed by atoms with Crippen LogP contribution in [0.5, 0.6) is 0 Å². The molecule has 6 nitrogen and oxygen atoms in total. The number of benzene rings is 1. The Balaban J connectivity index is 1.92. The second kappa shape index (κ2) is 4.81. The molecule has 3 rings (SSSR count). The SMILES string of the molecule is CNCc1ncn(Cc2nn(C)c3ccccc23)n1. The Morgan fingerprint density at radius 2 is 2.05 bits per heavy atom. The van der Waals surface area contributed by atoms with Gasteiger partial charge >= 0.3 is 0 Å². The monoisotopic (exact) mass is 256 g/mol. The van der Waals surface area contributed by atoms with Crippen LogP contribution < -0.4 is 5.32 Å². The first kappa shape index (κ1) is 11.9. The zero-order chi connectivity index (χ0) is 13.2.